The first-order valence-electron chi connectivity index (χ1n) is 9.87. The van der Waals surface area contributed by atoms with E-state index in [0.29, 0.717) is 31.0 Å². The number of hydrogen-bond donors (Lipinski definition) is 5. The molecule has 2 atom stereocenters. The van der Waals surface area contributed by atoms with E-state index in [0.717, 1.165) is 36.8 Å². The van der Waals surface area contributed by atoms with Crippen LogP contribution in [0.1, 0.15) is 43.2 Å². The van der Waals surface area contributed by atoms with Crippen molar-refractivity contribution >= 4 is 11.8 Å². The van der Waals surface area contributed by atoms with Gasteiger partial charge in [0.25, 0.3) is 0 Å². The van der Waals surface area contributed by atoms with Gasteiger partial charge in [0.2, 0.25) is 6.10 Å². The van der Waals surface area contributed by atoms with Crippen molar-refractivity contribution in [3.8, 4) is 5.75 Å². The molecule has 1 saturated carbocycles. The number of carbonyl (C=O) groups is 1. The summed E-state index contributed by atoms with van der Waals surface area (Å²) in [6.45, 7) is 0.521. The predicted molar refractivity (Wildman–Crippen MR) is 107 cm³/mol. The summed E-state index contributed by atoms with van der Waals surface area (Å²) in [4.78, 5) is 15.8. The van der Waals surface area contributed by atoms with Crippen LogP contribution in [0.3, 0.4) is 0 Å². The Bertz CT molecular complexity index is 748. The Hall–Kier alpha value is -2.20. The first-order valence-corrected chi connectivity index (χ1v) is 9.87. The van der Waals surface area contributed by atoms with Crippen LogP contribution in [0.2, 0.25) is 0 Å². The second-order valence-electron chi connectivity index (χ2n) is 7.96. The maximum Gasteiger partial charge on any atom is 0.338 e. The summed E-state index contributed by atoms with van der Waals surface area (Å²) >= 11 is 0. The molecule has 1 aromatic rings. The van der Waals surface area contributed by atoms with Gasteiger partial charge in [-0.25, -0.2) is 10.7 Å². The summed E-state index contributed by atoms with van der Waals surface area (Å²) in [6.07, 6.45) is 2.74. The molecule has 3 rings (SSSR count). The molecule has 1 aliphatic carbocycles. The van der Waals surface area contributed by atoms with Gasteiger partial charge < -0.3 is 25.6 Å². The van der Waals surface area contributed by atoms with Crippen LogP contribution in [0.15, 0.2) is 18.2 Å². The minimum atomic E-state index is -1.21. The Morgan fingerprint density at radius 3 is 2.76 bits per heavy atom. The molecule has 0 saturated heterocycles. The number of aliphatic carboxylic acids is 1. The fourth-order valence-electron chi connectivity index (χ4n) is 4.19. The fourth-order valence-corrected chi connectivity index (χ4v) is 4.19. The number of fused-ring (bicyclic) bond motifs is 1. The van der Waals surface area contributed by atoms with Gasteiger partial charge in [-0.15, -0.1) is 0 Å². The molecule has 0 amide bonds. The van der Waals surface area contributed by atoms with Crippen LogP contribution in [0.5, 0.6) is 5.75 Å². The highest BCUT2D eigenvalue weighted by atomic mass is 16.7. The topological polar surface area (TPSA) is 153 Å². The second-order valence-corrected chi connectivity index (χ2v) is 7.96. The van der Waals surface area contributed by atoms with Crippen LogP contribution in [-0.4, -0.2) is 54.4 Å². The molecule has 9 heteroatoms. The smallest absolute Gasteiger partial charge is 0.338 e. The van der Waals surface area contributed by atoms with Gasteiger partial charge in [0.15, 0.2) is 0 Å². The zero-order chi connectivity index (χ0) is 21.0. The van der Waals surface area contributed by atoms with Crippen molar-refractivity contribution in [2.75, 3.05) is 13.7 Å². The third-order valence-electron chi connectivity index (χ3n) is 5.85. The number of carboxylic acid groups (broad SMARTS) is 1. The number of hydrogen-bond acceptors (Lipinski definition) is 7. The minimum absolute atomic E-state index is 0.205. The van der Waals surface area contributed by atoms with Crippen molar-refractivity contribution in [1.29, 1.82) is 5.41 Å². The number of ether oxygens (including phenoxy) is 2. The van der Waals surface area contributed by atoms with Crippen molar-refractivity contribution in [2.45, 2.75) is 62.3 Å². The number of nitrogens with two attached hydrogens (primary N) is 2. The van der Waals surface area contributed by atoms with Crippen molar-refractivity contribution < 1.29 is 24.2 Å². The van der Waals surface area contributed by atoms with Crippen molar-refractivity contribution in [3.05, 3.63) is 29.3 Å². The van der Waals surface area contributed by atoms with Crippen LogP contribution < -0.4 is 21.7 Å². The molecule has 7 N–H and O–H groups in total. The molecule has 1 unspecified atom stereocenters. The Morgan fingerprint density at radius 2 is 2.14 bits per heavy atom. The van der Waals surface area contributed by atoms with Gasteiger partial charge in [-0.3, -0.25) is 10.2 Å². The molecule has 1 aliphatic heterocycles. The van der Waals surface area contributed by atoms with E-state index in [1.807, 2.05) is 6.07 Å². The lowest BCUT2D eigenvalue weighted by molar-refractivity contribution is -0.158. The van der Waals surface area contributed by atoms with Crippen LogP contribution in [0, 0.1) is 5.41 Å². The van der Waals surface area contributed by atoms with E-state index in [2.05, 4.69) is 10.2 Å². The molecular weight excluding hydrogens is 376 g/mol. The minimum Gasteiger partial charge on any atom is -0.487 e. The molecule has 0 spiro atoms. The third kappa shape index (κ3) is 4.87. The van der Waals surface area contributed by atoms with Gasteiger partial charge >= 0.3 is 5.97 Å². The van der Waals surface area contributed by atoms with E-state index in [1.165, 1.54) is 0 Å². The summed E-state index contributed by atoms with van der Waals surface area (Å²) in [5, 5.41) is 21.1. The van der Waals surface area contributed by atoms with E-state index in [9.17, 15) is 9.90 Å². The maximum atomic E-state index is 11.2. The zero-order valence-corrected chi connectivity index (χ0v) is 16.6. The zero-order valence-electron chi connectivity index (χ0n) is 16.6. The molecule has 0 bridgehead atoms. The number of amidine groups is 1. The summed E-state index contributed by atoms with van der Waals surface area (Å²) in [7, 11) is 1.67. The third-order valence-corrected chi connectivity index (χ3v) is 5.85. The molecular formula is C20H30N4O5. The van der Waals surface area contributed by atoms with E-state index < -0.39 is 18.2 Å². The summed E-state index contributed by atoms with van der Waals surface area (Å²) in [5.74, 6) is 4.88. The van der Waals surface area contributed by atoms with Crippen LogP contribution in [0.4, 0.5) is 0 Å². The highest BCUT2D eigenvalue weighted by Gasteiger charge is 2.36. The number of nitrogens with one attached hydrogen (secondary N) is 2. The molecule has 0 aromatic heterocycles. The Kier molecular flexibility index (Phi) is 6.74. The molecule has 0 radical (unpaired) electrons. The standard InChI is InChI=1S/C20H30N4O5/c1-27-11-20(8-6-14(21)7-9-20)24-18(22)13-3-4-15-12(10-13)2-5-16(28-15)17(29-23)19(25)26/h3-4,10,14,16-17H,2,5-9,11,21,23H2,1H3,(H2,22,24)(H,25,26)/t14-,16-,17?,20+/m1/s1. The van der Waals surface area contributed by atoms with Gasteiger partial charge in [0, 0.05) is 18.7 Å². The second kappa shape index (κ2) is 9.08. The van der Waals surface area contributed by atoms with Gasteiger partial charge in [-0.2, -0.15) is 0 Å². The Morgan fingerprint density at radius 1 is 1.41 bits per heavy atom. The SMILES string of the molecule is COC[C@]1(NC(=N)c2ccc3c(c2)CC[C@H](C(ON)C(=O)O)O3)CC[C@@H](N)CC1. The number of benzene rings is 1. The lowest BCUT2D eigenvalue weighted by Gasteiger charge is -2.40. The quantitative estimate of drug-likeness (QED) is 0.255. The van der Waals surface area contributed by atoms with Gasteiger partial charge in [-0.1, -0.05) is 0 Å². The van der Waals surface area contributed by atoms with Crippen LogP contribution in [0.25, 0.3) is 0 Å². The Labute approximate surface area is 170 Å². The molecule has 29 heavy (non-hydrogen) atoms. The molecule has 1 aromatic carbocycles. The van der Waals surface area contributed by atoms with E-state index in [4.69, 9.17) is 26.5 Å². The molecule has 160 valence electrons. The average molecular weight is 406 g/mol. The van der Waals surface area contributed by atoms with E-state index in [1.54, 1.807) is 19.2 Å². The van der Waals surface area contributed by atoms with E-state index >= 15 is 0 Å². The fraction of sp³-hybridized carbons (Fsp3) is 0.600. The van der Waals surface area contributed by atoms with Crippen molar-refractivity contribution in [2.24, 2.45) is 11.6 Å². The van der Waals surface area contributed by atoms with Gasteiger partial charge in [-0.05, 0) is 62.3 Å². The lowest BCUT2D eigenvalue weighted by Crippen LogP contribution is -2.55. The maximum absolute atomic E-state index is 11.2. The molecule has 1 heterocycles. The Balaban J connectivity index is 1.71. The van der Waals surface area contributed by atoms with Gasteiger partial charge in [0.05, 0.1) is 12.1 Å². The lowest BCUT2D eigenvalue weighted by atomic mass is 9.80. The van der Waals surface area contributed by atoms with Crippen molar-refractivity contribution in [1.82, 2.24) is 5.32 Å². The monoisotopic (exact) mass is 406 g/mol. The first kappa shape index (κ1) is 21.5. The largest absolute Gasteiger partial charge is 0.487 e. The number of methoxy groups -OCH3 is 1. The number of carboxylic acids is 1. The summed E-state index contributed by atoms with van der Waals surface area (Å²) < 4.78 is 11.2. The summed E-state index contributed by atoms with van der Waals surface area (Å²) in [6, 6.07) is 5.68. The molecule has 2 aliphatic rings. The number of rotatable bonds is 7. The highest BCUT2D eigenvalue weighted by Crippen LogP contribution is 2.32. The molecule has 1 fully saturated rings. The number of aryl methyl sites for hydroxylation is 1. The summed E-state index contributed by atoms with van der Waals surface area (Å²) in [5.41, 5.74) is 7.44. The van der Waals surface area contributed by atoms with Gasteiger partial charge in [0.1, 0.15) is 17.7 Å². The van der Waals surface area contributed by atoms with Crippen molar-refractivity contribution in [3.63, 3.8) is 0 Å². The van der Waals surface area contributed by atoms with Crippen LogP contribution >= 0.6 is 0 Å². The normalized spacial score (nSPS) is 27.4. The predicted octanol–water partition coefficient (Wildman–Crippen LogP) is 0.925. The first-order chi connectivity index (χ1) is 13.9. The molecule has 9 nitrogen and oxygen atoms in total. The highest BCUT2D eigenvalue weighted by molar-refractivity contribution is 5.97. The average Bonchev–Trinajstić information content (AvgIpc) is 2.70. The van der Waals surface area contributed by atoms with E-state index in [-0.39, 0.29) is 11.6 Å². The van der Waals surface area contributed by atoms with Crippen LogP contribution in [-0.2, 0) is 20.8 Å².